The molecule has 0 radical (unpaired) electrons. The average molecular weight is 255 g/mol. The van der Waals surface area contributed by atoms with Crippen LogP contribution in [0, 0.1) is 6.92 Å². The molecule has 0 aromatic carbocycles. The largest absolute Gasteiger partial charge is 0.495 e. The lowest BCUT2D eigenvalue weighted by Gasteiger charge is -2.08. The third-order valence-corrected chi connectivity index (χ3v) is 4.07. The molecule has 2 aromatic rings. The van der Waals surface area contributed by atoms with E-state index in [1.165, 1.54) is 11.3 Å². The molecule has 0 fully saturated rings. The number of nitrogens with zero attached hydrogens (tertiary/aromatic N) is 1. The first-order valence-electron chi connectivity index (χ1n) is 4.91. The highest BCUT2D eigenvalue weighted by atomic mass is 32.1. The van der Waals surface area contributed by atoms with E-state index in [-0.39, 0.29) is 0 Å². The van der Waals surface area contributed by atoms with Crippen LogP contribution >= 0.6 is 22.7 Å². The smallest absolute Gasteiger partial charge is 0.135 e. The van der Waals surface area contributed by atoms with E-state index in [1.807, 2.05) is 23.8 Å². The lowest BCUT2D eigenvalue weighted by molar-refractivity contribution is 0.177. The van der Waals surface area contributed by atoms with Gasteiger partial charge in [-0.3, -0.25) is 0 Å². The number of aliphatic hydroxyl groups is 1. The Morgan fingerprint density at radius 1 is 1.50 bits per heavy atom. The molecular formula is C11H13NO2S2. The molecule has 0 aliphatic heterocycles. The Morgan fingerprint density at radius 2 is 2.31 bits per heavy atom. The van der Waals surface area contributed by atoms with Crippen LogP contribution in [0.15, 0.2) is 16.8 Å². The second-order valence-corrected chi connectivity index (χ2v) is 5.44. The molecule has 0 saturated carbocycles. The van der Waals surface area contributed by atoms with Gasteiger partial charge in [0.2, 0.25) is 0 Å². The van der Waals surface area contributed by atoms with Crippen LogP contribution in [-0.2, 0) is 6.42 Å². The van der Waals surface area contributed by atoms with E-state index in [0.717, 1.165) is 21.3 Å². The predicted molar refractivity (Wildman–Crippen MR) is 66.4 cm³/mol. The number of hydrogen-bond donors (Lipinski definition) is 1. The third kappa shape index (κ3) is 2.42. The molecule has 1 atom stereocenters. The molecular weight excluding hydrogens is 242 g/mol. The maximum Gasteiger partial charge on any atom is 0.135 e. The Balaban J connectivity index is 2.11. The van der Waals surface area contributed by atoms with E-state index in [2.05, 4.69) is 4.98 Å². The molecule has 0 aliphatic carbocycles. The van der Waals surface area contributed by atoms with Gasteiger partial charge in [-0.05, 0) is 18.4 Å². The van der Waals surface area contributed by atoms with E-state index in [9.17, 15) is 5.11 Å². The molecule has 0 aliphatic rings. The van der Waals surface area contributed by atoms with Crippen molar-refractivity contribution in [2.45, 2.75) is 19.4 Å². The summed E-state index contributed by atoms with van der Waals surface area (Å²) >= 11 is 3.11. The average Bonchev–Trinajstić information content (AvgIpc) is 2.86. The zero-order valence-corrected chi connectivity index (χ0v) is 10.8. The summed E-state index contributed by atoms with van der Waals surface area (Å²) in [6.45, 7) is 1.96. The van der Waals surface area contributed by atoms with Crippen LogP contribution in [0.3, 0.4) is 0 Å². The minimum Gasteiger partial charge on any atom is -0.495 e. The lowest BCUT2D eigenvalue weighted by Crippen LogP contribution is -2.01. The van der Waals surface area contributed by atoms with Crippen molar-refractivity contribution in [2.75, 3.05) is 7.11 Å². The van der Waals surface area contributed by atoms with E-state index < -0.39 is 6.10 Å². The normalized spacial score (nSPS) is 12.7. The topological polar surface area (TPSA) is 42.4 Å². The van der Waals surface area contributed by atoms with E-state index in [4.69, 9.17) is 4.74 Å². The van der Waals surface area contributed by atoms with Crippen molar-refractivity contribution >= 4 is 22.7 Å². The summed E-state index contributed by atoms with van der Waals surface area (Å²) in [4.78, 5) is 5.21. The maximum absolute atomic E-state index is 10.1. The van der Waals surface area contributed by atoms with Crippen molar-refractivity contribution in [1.29, 1.82) is 0 Å². The number of ether oxygens (including phenoxy) is 1. The van der Waals surface area contributed by atoms with Gasteiger partial charge in [-0.2, -0.15) is 0 Å². The molecule has 1 unspecified atom stereocenters. The van der Waals surface area contributed by atoms with Gasteiger partial charge in [0.25, 0.3) is 0 Å². The summed E-state index contributed by atoms with van der Waals surface area (Å²) < 4.78 is 5.18. The third-order valence-electron chi connectivity index (χ3n) is 2.25. The van der Waals surface area contributed by atoms with Gasteiger partial charge in [-0.15, -0.1) is 22.7 Å². The minimum atomic E-state index is -0.531. The summed E-state index contributed by atoms with van der Waals surface area (Å²) in [5, 5.41) is 15.0. The van der Waals surface area contributed by atoms with Crippen molar-refractivity contribution in [3.8, 4) is 5.75 Å². The number of aryl methyl sites for hydroxylation is 1. The van der Waals surface area contributed by atoms with Gasteiger partial charge in [0.15, 0.2) is 0 Å². The fraction of sp³-hybridized carbons (Fsp3) is 0.364. The van der Waals surface area contributed by atoms with Crippen LogP contribution in [-0.4, -0.2) is 17.2 Å². The highest BCUT2D eigenvalue weighted by molar-refractivity contribution is 7.10. The Morgan fingerprint density at radius 3 is 2.94 bits per heavy atom. The van der Waals surface area contributed by atoms with Crippen LogP contribution < -0.4 is 4.74 Å². The number of methoxy groups -OCH3 is 1. The molecule has 0 spiro atoms. The quantitative estimate of drug-likeness (QED) is 0.913. The fourth-order valence-corrected chi connectivity index (χ4v) is 2.99. The molecule has 2 heterocycles. The SMILES string of the molecule is COc1ccsc1C(O)Cc1csc(C)n1. The zero-order chi connectivity index (χ0) is 11.5. The highest BCUT2D eigenvalue weighted by Crippen LogP contribution is 2.32. The van der Waals surface area contributed by atoms with Gasteiger partial charge in [-0.1, -0.05) is 0 Å². The van der Waals surface area contributed by atoms with E-state index >= 15 is 0 Å². The van der Waals surface area contributed by atoms with Crippen molar-refractivity contribution < 1.29 is 9.84 Å². The maximum atomic E-state index is 10.1. The molecule has 0 bridgehead atoms. The second-order valence-electron chi connectivity index (χ2n) is 3.43. The zero-order valence-electron chi connectivity index (χ0n) is 9.14. The van der Waals surface area contributed by atoms with Gasteiger partial charge in [0, 0.05) is 11.8 Å². The summed E-state index contributed by atoms with van der Waals surface area (Å²) in [5.41, 5.74) is 0.936. The second kappa shape index (κ2) is 4.95. The molecule has 1 N–H and O–H groups in total. The van der Waals surface area contributed by atoms with E-state index in [0.29, 0.717) is 6.42 Å². The van der Waals surface area contributed by atoms with Gasteiger partial charge in [0.1, 0.15) is 5.75 Å². The molecule has 86 valence electrons. The van der Waals surface area contributed by atoms with Crippen molar-refractivity contribution in [1.82, 2.24) is 4.98 Å². The van der Waals surface area contributed by atoms with Gasteiger partial charge in [-0.25, -0.2) is 4.98 Å². The number of aromatic nitrogens is 1. The molecule has 2 aromatic heterocycles. The Bertz CT molecular complexity index is 464. The first kappa shape index (κ1) is 11.6. The standard InChI is InChI=1S/C11H13NO2S2/c1-7-12-8(6-16-7)5-9(13)11-10(14-2)3-4-15-11/h3-4,6,9,13H,5H2,1-2H3. The van der Waals surface area contributed by atoms with Gasteiger partial charge in [0.05, 0.1) is 28.8 Å². The molecule has 16 heavy (non-hydrogen) atoms. The summed E-state index contributed by atoms with van der Waals surface area (Å²) in [6.07, 6.45) is 0.0118. The van der Waals surface area contributed by atoms with Crippen LogP contribution in [0.5, 0.6) is 5.75 Å². The van der Waals surface area contributed by atoms with Crippen LogP contribution in [0.2, 0.25) is 0 Å². The van der Waals surface area contributed by atoms with Gasteiger partial charge < -0.3 is 9.84 Å². The molecule has 5 heteroatoms. The van der Waals surface area contributed by atoms with Crippen LogP contribution in [0.25, 0.3) is 0 Å². The molecule has 0 saturated heterocycles. The molecule has 2 rings (SSSR count). The van der Waals surface area contributed by atoms with E-state index in [1.54, 1.807) is 18.4 Å². The summed E-state index contributed by atoms with van der Waals surface area (Å²) in [5.74, 6) is 0.754. The minimum absolute atomic E-state index is 0.531. The predicted octanol–water partition coefficient (Wildman–Crippen LogP) is 2.80. The first-order chi connectivity index (χ1) is 7.70. The summed E-state index contributed by atoms with van der Waals surface area (Å²) in [6, 6.07) is 1.87. The number of aliphatic hydroxyl groups excluding tert-OH is 1. The van der Waals surface area contributed by atoms with Crippen LogP contribution in [0.4, 0.5) is 0 Å². The van der Waals surface area contributed by atoms with Crippen LogP contribution in [0.1, 0.15) is 21.7 Å². The molecule has 3 nitrogen and oxygen atoms in total. The summed E-state index contributed by atoms with van der Waals surface area (Å²) in [7, 11) is 1.62. The Labute approximate surface area is 102 Å². The van der Waals surface area contributed by atoms with Crippen molar-refractivity contribution in [3.05, 3.63) is 32.4 Å². The fourth-order valence-electron chi connectivity index (χ4n) is 1.51. The Kier molecular flexibility index (Phi) is 3.58. The van der Waals surface area contributed by atoms with Crippen molar-refractivity contribution in [3.63, 3.8) is 0 Å². The lowest BCUT2D eigenvalue weighted by atomic mass is 10.2. The van der Waals surface area contributed by atoms with Crippen molar-refractivity contribution in [2.24, 2.45) is 0 Å². The molecule has 0 amide bonds. The van der Waals surface area contributed by atoms with Gasteiger partial charge >= 0.3 is 0 Å². The number of rotatable bonds is 4. The monoisotopic (exact) mass is 255 g/mol. The highest BCUT2D eigenvalue weighted by Gasteiger charge is 2.16. The number of hydrogen-bond acceptors (Lipinski definition) is 5. The number of thiophene rings is 1. The first-order valence-corrected chi connectivity index (χ1v) is 6.67. The number of thiazole rings is 1. The Hall–Kier alpha value is -0.910.